The maximum absolute atomic E-state index is 11.4. The predicted molar refractivity (Wildman–Crippen MR) is 100 cm³/mol. The summed E-state index contributed by atoms with van der Waals surface area (Å²) in [5.74, 6) is 0. The summed E-state index contributed by atoms with van der Waals surface area (Å²) in [6.45, 7) is 0. The second-order valence-corrected chi connectivity index (χ2v) is 5.85. The number of fused-ring (bicyclic) bond motifs is 1. The van der Waals surface area contributed by atoms with E-state index in [2.05, 4.69) is 26.3 Å². The molecule has 0 atom stereocenters. The minimum atomic E-state index is 0.243. The van der Waals surface area contributed by atoms with E-state index in [1.54, 1.807) is 36.4 Å². The predicted octanol–water partition coefficient (Wildman–Crippen LogP) is 3.89. The van der Waals surface area contributed by atoms with Gasteiger partial charge in [0.05, 0.1) is 33.3 Å². The van der Waals surface area contributed by atoms with Crippen molar-refractivity contribution in [3.8, 4) is 0 Å². The highest BCUT2D eigenvalue weighted by molar-refractivity contribution is 7.80. The first-order valence-corrected chi connectivity index (χ1v) is 7.79. The summed E-state index contributed by atoms with van der Waals surface area (Å²) >= 11 is 17.1. The Balaban J connectivity index is 1.61. The van der Waals surface area contributed by atoms with Gasteiger partial charge < -0.3 is 10.5 Å². The Hall–Kier alpha value is -2.10. The van der Waals surface area contributed by atoms with Crippen LogP contribution in [-0.4, -0.2) is 11.3 Å². The quantitative estimate of drug-likeness (QED) is 0.421. The van der Waals surface area contributed by atoms with Crippen molar-refractivity contribution in [1.29, 1.82) is 0 Å². The molecule has 0 aromatic heterocycles. The smallest absolute Gasteiger partial charge is 0.191 e. The Morgan fingerprint density at radius 3 is 3.00 bits per heavy atom. The van der Waals surface area contributed by atoms with Crippen LogP contribution in [0.3, 0.4) is 0 Å². The van der Waals surface area contributed by atoms with Crippen molar-refractivity contribution in [2.75, 3.05) is 16.0 Å². The van der Waals surface area contributed by atoms with E-state index in [1.807, 2.05) is 0 Å². The lowest BCUT2D eigenvalue weighted by Crippen LogP contribution is -2.24. The Kier molecular flexibility index (Phi) is 5.03. The monoisotopic (exact) mass is 382 g/mol. The van der Waals surface area contributed by atoms with Gasteiger partial charge in [-0.05, 0) is 42.0 Å². The highest BCUT2D eigenvalue weighted by Crippen LogP contribution is 2.31. The number of hydrogen-bond acceptors (Lipinski definition) is 6. The molecule has 1 aliphatic rings. The lowest BCUT2D eigenvalue weighted by molar-refractivity contribution is 0.211. The number of nitrogens with zero attached hydrogens (tertiary/aromatic N) is 2. The number of rotatable bonds is 3. The molecule has 24 heavy (non-hydrogen) atoms. The first kappa shape index (κ1) is 16.7. The number of halogens is 2. The summed E-state index contributed by atoms with van der Waals surface area (Å²) in [6, 6.07) is 10.3. The molecule has 3 rings (SSSR count). The summed E-state index contributed by atoms with van der Waals surface area (Å²) in [6.07, 6.45) is 1.51. The molecule has 3 N–H and O–H groups in total. The average Bonchev–Trinajstić information content (AvgIpc) is 2.93. The molecule has 0 radical (unpaired) electrons. The Morgan fingerprint density at radius 1 is 1.33 bits per heavy atom. The van der Waals surface area contributed by atoms with Crippen LogP contribution in [0, 0.1) is 5.21 Å². The molecule has 0 unspecified atom stereocenters. The minimum absolute atomic E-state index is 0.243. The lowest BCUT2D eigenvalue weighted by Gasteiger charge is -2.19. The fourth-order valence-corrected chi connectivity index (χ4v) is 2.43. The van der Waals surface area contributed by atoms with Gasteiger partial charge in [0, 0.05) is 0 Å². The third-order valence-corrected chi connectivity index (χ3v) is 4.05. The second-order valence-electron chi connectivity index (χ2n) is 4.65. The zero-order chi connectivity index (χ0) is 17.1. The molecule has 2 aromatic carbocycles. The van der Waals surface area contributed by atoms with Gasteiger partial charge in [0.25, 0.3) is 0 Å². The zero-order valence-corrected chi connectivity index (χ0v) is 14.2. The average molecular weight is 383 g/mol. The van der Waals surface area contributed by atoms with E-state index in [0.29, 0.717) is 37.9 Å². The Labute approximate surface area is 152 Å². The van der Waals surface area contributed by atoms with Crippen LogP contribution in [0.2, 0.25) is 10.0 Å². The zero-order valence-electron chi connectivity index (χ0n) is 11.9. The third kappa shape index (κ3) is 3.69. The van der Waals surface area contributed by atoms with Crippen LogP contribution in [0.15, 0.2) is 41.5 Å². The highest BCUT2D eigenvalue weighted by atomic mass is 35.5. The van der Waals surface area contributed by atoms with E-state index in [1.165, 1.54) is 6.21 Å². The number of hydrogen-bond donors (Lipinski definition) is 3. The van der Waals surface area contributed by atoms with Gasteiger partial charge in [-0.1, -0.05) is 35.3 Å². The molecule has 0 fully saturated rings. The standard InChI is InChI=1S/C14H10Cl2N5O2S/c15-9-2-1-3-11(13(9)16)18-14(24)19-17-7-8-4-5-10-12(6-8)21(22)23-20-10/h1-7,20H,(H2,18,19,24)/q-1/b17-7+. The lowest BCUT2D eigenvalue weighted by atomic mass is 10.2. The SMILES string of the molecule is [O-]N1ONc2ccc(/C=N/NC(=S)Nc3cccc(Cl)c3Cl)cc21. The van der Waals surface area contributed by atoms with Gasteiger partial charge in [0.2, 0.25) is 0 Å². The van der Waals surface area contributed by atoms with Gasteiger partial charge in [0.15, 0.2) is 5.11 Å². The molecule has 2 aromatic rings. The summed E-state index contributed by atoms with van der Waals surface area (Å²) < 4.78 is 0. The number of nitrogens with one attached hydrogen (secondary N) is 3. The molecule has 1 heterocycles. The summed E-state index contributed by atoms with van der Waals surface area (Å²) in [5.41, 5.74) is 7.36. The summed E-state index contributed by atoms with van der Waals surface area (Å²) in [5, 5.41) is 19.7. The van der Waals surface area contributed by atoms with E-state index in [4.69, 9.17) is 35.4 Å². The summed E-state index contributed by atoms with van der Waals surface area (Å²) in [4.78, 5) is 4.62. The van der Waals surface area contributed by atoms with E-state index >= 15 is 0 Å². The Morgan fingerprint density at radius 2 is 2.17 bits per heavy atom. The van der Waals surface area contributed by atoms with Crippen molar-refractivity contribution in [2.24, 2.45) is 5.10 Å². The van der Waals surface area contributed by atoms with Crippen molar-refractivity contribution >= 4 is 63.8 Å². The maximum Gasteiger partial charge on any atom is 0.191 e. The molecule has 0 bridgehead atoms. The van der Waals surface area contributed by atoms with E-state index in [-0.39, 0.29) is 5.11 Å². The highest BCUT2D eigenvalue weighted by Gasteiger charge is 2.12. The molecular formula is C14H10Cl2N5O2S-. The van der Waals surface area contributed by atoms with E-state index in [9.17, 15) is 5.21 Å². The molecular weight excluding hydrogens is 373 g/mol. The van der Waals surface area contributed by atoms with Crippen LogP contribution in [0.1, 0.15) is 5.56 Å². The van der Waals surface area contributed by atoms with E-state index in [0.717, 1.165) is 0 Å². The molecule has 0 spiro atoms. The van der Waals surface area contributed by atoms with Crippen LogP contribution < -0.4 is 21.4 Å². The van der Waals surface area contributed by atoms with Crippen LogP contribution in [0.25, 0.3) is 0 Å². The molecule has 124 valence electrons. The van der Waals surface area contributed by atoms with Gasteiger partial charge >= 0.3 is 0 Å². The molecule has 0 amide bonds. The Bertz CT molecular complexity index is 818. The van der Waals surface area contributed by atoms with E-state index < -0.39 is 0 Å². The largest absolute Gasteiger partial charge is 0.731 e. The third-order valence-electron chi connectivity index (χ3n) is 3.04. The van der Waals surface area contributed by atoms with Gasteiger partial charge in [0.1, 0.15) is 0 Å². The molecule has 0 saturated carbocycles. The molecule has 1 aliphatic heterocycles. The summed E-state index contributed by atoms with van der Waals surface area (Å²) in [7, 11) is 0. The minimum Gasteiger partial charge on any atom is -0.731 e. The number of anilines is 3. The van der Waals surface area contributed by atoms with Gasteiger partial charge in [-0.25, -0.2) is 5.48 Å². The van der Waals surface area contributed by atoms with Crippen molar-refractivity contribution in [1.82, 2.24) is 5.43 Å². The van der Waals surface area contributed by atoms with Crippen molar-refractivity contribution in [2.45, 2.75) is 0 Å². The fraction of sp³-hybridized carbons (Fsp3) is 0. The first-order chi connectivity index (χ1) is 11.5. The molecule has 7 nitrogen and oxygen atoms in total. The number of benzene rings is 2. The van der Waals surface area contributed by atoms with Crippen molar-refractivity contribution in [3.63, 3.8) is 0 Å². The van der Waals surface area contributed by atoms with Gasteiger partial charge in [-0.15, -0.1) is 0 Å². The van der Waals surface area contributed by atoms with Crippen LogP contribution in [0.5, 0.6) is 0 Å². The molecule has 10 heteroatoms. The van der Waals surface area contributed by atoms with Gasteiger partial charge in [-0.2, -0.15) is 10.0 Å². The van der Waals surface area contributed by atoms with Crippen LogP contribution in [0.4, 0.5) is 17.1 Å². The maximum atomic E-state index is 11.4. The number of thiocarbonyl (C=S) groups is 1. The fourth-order valence-electron chi connectivity index (χ4n) is 1.92. The van der Waals surface area contributed by atoms with Gasteiger partial charge in [-0.3, -0.25) is 10.7 Å². The number of hydrazone groups is 1. The first-order valence-electron chi connectivity index (χ1n) is 6.63. The van der Waals surface area contributed by atoms with Crippen molar-refractivity contribution < 1.29 is 4.94 Å². The van der Waals surface area contributed by atoms with Crippen LogP contribution in [-0.2, 0) is 4.94 Å². The second kappa shape index (κ2) is 7.20. The topological polar surface area (TPSA) is 84.0 Å². The normalized spacial score (nSPS) is 12.9. The molecule has 0 saturated heterocycles. The van der Waals surface area contributed by atoms with Crippen molar-refractivity contribution in [3.05, 3.63) is 57.2 Å². The van der Waals surface area contributed by atoms with Crippen LogP contribution >= 0.6 is 35.4 Å². The molecule has 0 aliphatic carbocycles.